The lowest BCUT2D eigenvalue weighted by Crippen LogP contribution is -2.54. The lowest BCUT2D eigenvalue weighted by atomic mass is 10.00. The van der Waals surface area contributed by atoms with E-state index in [9.17, 15) is 0 Å². The normalized spacial score (nSPS) is 17.1. The van der Waals surface area contributed by atoms with E-state index in [0.29, 0.717) is 0 Å². The Morgan fingerprint density at radius 3 is 1.61 bits per heavy atom. The maximum atomic E-state index is 5.48. The standard InChI is InChI=1S/C51H38N6/c1-3-13-36(14-4-1)48-54-49(37-15-5-2-6-16-37)56-50(55-48)38-24-22-33(23-25-38)34-26-28-39(29-27-34)57-47-43-20-10-9-19-41(43)42-30-31-52-32-45(42)46(47)53-51(57)44-21-11-17-35-12-7-8-18-40(35)44/h1-32,48-50,54-56H. The number of pyridine rings is 1. The van der Waals surface area contributed by atoms with E-state index in [1.54, 1.807) is 0 Å². The van der Waals surface area contributed by atoms with Crippen molar-refractivity contribution in [1.29, 1.82) is 0 Å². The molecule has 1 fully saturated rings. The Morgan fingerprint density at radius 2 is 0.947 bits per heavy atom. The van der Waals surface area contributed by atoms with Crippen molar-refractivity contribution in [3.05, 3.63) is 211 Å². The zero-order valence-electron chi connectivity index (χ0n) is 31.0. The van der Waals surface area contributed by atoms with Crippen molar-refractivity contribution in [3.63, 3.8) is 0 Å². The molecule has 2 aromatic heterocycles. The van der Waals surface area contributed by atoms with Crippen molar-refractivity contribution in [2.45, 2.75) is 18.5 Å². The minimum Gasteiger partial charge on any atom is -0.292 e. The second kappa shape index (κ2) is 14.0. The number of nitrogens with zero attached hydrogens (tertiary/aromatic N) is 3. The average Bonchev–Trinajstić information content (AvgIpc) is 3.70. The fraction of sp³-hybridized carbons (Fsp3) is 0.0588. The third-order valence-electron chi connectivity index (χ3n) is 11.4. The molecule has 0 radical (unpaired) electrons. The van der Waals surface area contributed by atoms with E-state index in [1.165, 1.54) is 32.8 Å². The summed E-state index contributed by atoms with van der Waals surface area (Å²) in [6.07, 6.45) is 3.75. The van der Waals surface area contributed by atoms with Gasteiger partial charge in [0.2, 0.25) is 0 Å². The van der Waals surface area contributed by atoms with E-state index in [-0.39, 0.29) is 18.5 Å². The van der Waals surface area contributed by atoms with Crippen LogP contribution < -0.4 is 16.0 Å². The summed E-state index contributed by atoms with van der Waals surface area (Å²) in [4.78, 5) is 10.0. The molecule has 10 aromatic rings. The van der Waals surface area contributed by atoms with Gasteiger partial charge in [0.25, 0.3) is 0 Å². The monoisotopic (exact) mass is 734 g/mol. The molecule has 8 aromatic carbocycles. The van der Waals surface area contributed by atoms with Gasteiger partial charge in [0.05, 0.1) is 29.5 Å². The van der Waals surface area contributed by atoms with Crippen LogP contribution in [0.2, 0.25) is 0 Å². The van der Waals surface area contributed by atoms with Gasteiger partial charge in [0.15, 0.2) is 0 Å². The van der Waals surface area contributed by atoms with Gasteiger partial charge in [-0.05, 0) is 67.6 Å². The first-order valence-corrected chi connectivity index (χ1v) is 19.5. The summed E-state index contributed by atoms with van der Waals surface area (Å²) in [6.45, 7) is 0. The Balaban J connectivity index is 0.989. The van der Waals surface area contributed by atoms with Crippen molar-refractivity contribution in [3.8, 4) is 28.2 Å². The number of imidazole rings is 1. The van der Waals surface area contributed by atoms with Crippen molar-refractivity contribution in [2.24, 2.45) is 0 Å². The van der Waals surface area contributed by atoms with Crippen LogP contribution in [0.4, 0.5) is 0 Å². The molecule has 2 unspecified atom stereocenters. The van der Waals surface area contributed by atoms with Crippen LogP contribution in [-0.4, -0.2) is 14.5 Å². The van der Waals surface area contributed by atoms with Crippen LogP contribution in [0.25, 0.3) is 71.6 Å². The largest absolute Gasteiger partial charge is 0.292 e. The summed E-state index contributed by atoms with van der Waals surface area (Å²) < 4.78 is 2.35. The molecule has 0 aliphatic carbocycles. The molecule has 0 bridgehead atoms. The lowest BCUT2D eigenvalue weighted by Gasteiger charge is -2.39. The van der Waals surface area contributed by atoms with Gasteiger partial charge in [-0.15, -0.1) is 0 Å². The highest BCUT2D eigenvalue weighted by Crippen LogP contribution is 2.40. The van der Waals surface area contributed by atoms with E-state index in [1.807, 2.05) is 12.4 Å². The molecule has 1 aliphatic heterocycles. The second-order valence-electron chi connectivity index (χ2n) is 14.8. The highest BCUT2D eigenvalue weighted by Gasteiger charge is 2.29. The van der Waals surface area contributed by atoms with Gasteiger partial charge < -0.3 is 0 Å². The molecule has 1 saturated heterocycles. The van der Waals surface area contributed by atoms with Crippen LogP contribution in [0.3, 0.4) is 0 Å². The van der Waals surface area contributed by atoms with Gasteiger partial charge >= 0.3 is 0 Å². The van der Waals surface area contributed by atoms with Crippen LogP contribution in [0.1, 0.15) is 35.2 Å². The molecule has 0 amide bonds. The van der Waals surface area contributed by atoms with E-state index in [0.717, 1.165) is 55.4 Å². The molecule has 11 rings (SSSR count). The first kappa shape index (κ1) is 33.4. The van der Waals surface area contributed by atoms with Gasteiger partial charge in [-0.1, -0.05) is 164 Å². The number of aromatic nitrogens is 3. The summed E-state index contributed by atoms with van der Waals surface area (Å²) in [5, 5.41) is 18.3. The first-order valence-electron chi connectivity index (χ1n) is 19.5. The van der Waals surface area contributed by atoms with Crippen LogP contribution in [-0.2, 0) is 0 Å². The predicted molar refractivity (Wildman–Crippen MR) is 233 cm³/mol. The summed E-state index contributed by atoms with van der Waals surface area (Å²) in [7, 11) is 0. The maximum absolute atomic E-state index is 5.48. The molecular formula is C51H38N6. The van der Waals surface area contributed by atoms with Crippen molar-refractivity contribution in [2.75, 3.05) is 0 Å². The molecule has 6 nitrogen and oxygen atoms in total. The molecule has 3 heterocycles. The summed E-state index contributed by atoms with van der Waals surface area (Å²) in [6, 6.07) is 64.8. The van der Waals surface area contributed by atoms with E-state index in [2.05, 4.69) is 207 Å². The molecule has 6 heteroatoms. The van der Waals surface area contributed by atoms with Gasteiger partial charge in [-0.2, -0.15) is 0 Å². The molecule has 3 N–H and O–H groups in total. The Kier molecular flexibility index (Phi) is 8.18. The van der Waals surface area contributed by atoms with E-state index >= 15 is 0 Å². The second-order valence-corrected chi connectivity index (χ2v) is 14.8. The van der Waals surface area contributed by atoms with Crippen molar-refractivity contribution in [1.82, 2.24) is 30.5 Å². The predicted octanol–water partition coefficient (Wildman–Crippen LogP) is 11.4. The Hall–Kier alpha value is -6.96. The van der Waals surface area contributed by atoms with Gasteiger partial charge in [-0.3, -0.25) is 25.5 Å². The number of nitrogens with one attached hydrogen (secondary N) is 3. The number of hydrogen-bond donors (Lipinski definition) is 3. The number of benzene rings is 8. The molecule has 1 aliphatic rings. The molecular weight excluding hydrogens is 697 g/mol. The number of hydrogen-bond acceptors (Lipinski definition) is 5. The maximum Gasteiger partial charge on any atom is 0.146 e. The fourth-order valence-corrected chi connectivity index (χ4v) is 8.64. The van der Waals surface area contributed by atoms with Gasteiger partial charge in [0.1, 0.15) is 5.82 Å². The third kappa shape index (κ3) is 5.86. The van der Waals surface area contributed by atoms with Crippen molar-refractivity contribution >= 4 is 43.4 Å². The molecule has 0 spiro atoms. The number of rotatable bonds is 6. The van der Waals surface area contributed by atoms with Gasteiger partial charge in [0, 0.05) is 34.4 Å². The highest BCUT2D eigenvalue weighted by atomic mass is 15.4. The Bertz CT molecular complexity index is 3000. The summed E-state index contributed by atoms with van der Waals surface area (Å²) in [5.74, 6) is 0.907. The quantitative estimate of drug-likeness (QED) is 0.148. The fourth-order valence-electron chi connectivity index (χ4n) is 8.64. The highest BCUT2D eigenvalue weighted by molar-refractivity contribution is 6.24. The minimum atomic E-state index is -0.0544. The van der Waals surface area contributed by atoms with Crippen molar-refractivity contribution < 1.29 is 0 Å². The van der Waals surface area contributed by atoms with E-state index < -0.39 is 0 Å². The molecule has 57 heavy (non-hydrogen) atoms. The SMILES string of the molecule is c1ccc(C2NC(c3ccccc3)NC(c3ccc(-c4ccc(-n5c(-c6cccc7ccccc67)nc6c7cnccc7c7ccccc7c65)cc4)cc3)N2)cc1. The van der Waals surface area contributed by atoms with Crippen LogP contribution in [0, 0.1) is 0 Å². The zero-order chi connectivity index (χ0) is 37.7. The topological polar surface area (TPSA) is 66.8 Å². The van der Waals surface area contributed by atoms with E-state index in [4.69, 9.17) is 4.98 Å². The summed E-state index contributed by atoms with van der Waals surface area (Å²) in [5.41, 5.74) is 10.1. The smallest absolute Gasteiger partial charge is 0.146 e. The molecule has 272 valence electrons. The van der Waals surface area contributed by atoms with Crippen LogP contribution >= 0.6 is 0 Å². The Morgan fingerprint density at radius 1 is 0.421 bits per heavy atom. The third-order valence-corrected chi connectivity index (χ3v) is 11.4. The lowest BCUT2D eigenvalue weighted by molar-refractivity contribution is 0.203. The average molecular weight is 735 g/mol. The molecule has 2 atom stereocenters. The number of fused-ring (bicyclic) bond motifs is 7. The first-order chi connectivity index (χ1) is 28.3. The van der Waals surface area contributed by atoms with Crippen LogP contribution in [0.5, 0.6) is 0 Å². The zero-order valence-corrected chi connectivity index (χ0v) is 31.0. The minimum absolute atomic E-state index is 0.0146. The Labute approximate surface area is 330 Å². The summed E-state index contributed by atoms with van der Waals surface area (Å²) >= 11 is 0. The van der Waals surface area contributed by atoms with Crippen LogP contribution in [0.15, 0.2) is 194 Å². The molecule has 0 saturated carbocycles. The van der Waals surface area contributed by atoms with Gasteiger partial charge in [-0.25, -0.2) is 4.98 Å².